The molecule has 0 fully saturated rings. The van der Waals surface area contributed by atoms with Gasteiger partial charge in [0.2, 0.25) is 7.98 Å². The molecule has 0 aliphatic carbocycles. The van der Waals surface area contributed by atoms with Crippen molar-refractivity contribution in [3.63, 3.8) is 0 Å². The summed E-state index contributed by atoms with van der Waals surface area (Å²) in [7, 11) is 5.19. The molecular formula is C9H9BN2. The molecule has 2 radical (unpaired) electrons. The lowest BCUT2D eigenvalue weighted by Gasteiger charge is -1.78. The molecule has 0 N–H and O–H groups in total. The van der Waals surface area contributed by atoms with Crippen LogP contribution in [0.3, 0.4) is 0 Å². The van der Waals surface area contributed by atoms with Crippen LogP contribution in [-0.2, 0) is 0 Å². The van der Waals surface area contributed by atoms with Gasteiger partial charge in [0.1, 0.15) is 0 Å². The number of rotatable bonds is 0. The number of hydrogen-bond acceptors (Lipinski definition) is 1. The molecule has 3 heteroatoms. The summed E-state index contributed by atoms with van der Waals surface area (Å²) in [6.45, 7) is 0. The van der Waals surface area contributed by atoms with Crippen LogP contribution in [0.2, 0.25) is 0 Å². The van der Waals surface area contributed by atoms with Gasteiger partial charge in [-0.15, -0.1) is 0 Å². The highest BCUT2D eigenvalue weighted by Crippen LogP contribution is 1.79. The number of nitrogens with zero attached hydrogens (tertiary/aromatic N) is 2. The molecule has 0 saturated carbocycles. The highest BCUT2D eigenvalue weighted by Gasteiger charge is 1.68. The van der Waals surface area contributed by atoms with Crippen molar-refractivity contribution in [2.45, 2.75) is 0 Å². The molecule has 0 bridgehead atoms. The summed E-state index contributed by atoms with van der Waals surface area (Å²) in [6, 6.07) is 9.47. The fraction of sp³-hybridized carbons (Fsp3) is 0. The molecule has 2 rings (SSSR count). The molecule has 0 atom stereocenters. The van der Waals surface area contributed by atoms with Crippen LogP contribution in [0.25, 0.3) is 0 Å². The van der Waals surface area contributed by atoms with Crippen LogP contribution >= 0.6 is 0 Å². The summed E-state index contributed by atoms with van der Waals surface area (Å²) < 4.78 is 1.50. The van der Waals surface area contributed by atoms with Crippen LogP contribution in [0.4, 0.5) is 0 Å². The molecule has 2 heterocycles. The standard InChI is InChI=1S/C5H5N.C4H4BN/c1-2-4-6-5-3-1;5-6-3-1-2-4-6/h1-5H;1-4H. The van der Waals surface area contributed by atoms with Gasteiger partial charge in [-0.05, 0) is 36.7 Å². The van der Waals surface area contributed by atoms with Gasteiger partial charge in [0, 0.05) is 12.4 Å². The lowest BCUT2D eigenvalue weighted by atomic mass is 10.4. The summed E-state index contributed by atoms with van der Waals surface area (Å²) in [5, 5.41) is 0. The second-order valence-electron chi connectivity index (χ2n) is 2.15. The quantitative estimate of drug-likeness (QED) is 0.528. The summed E-state index contributed by atoms with van der Waals surface area (Å²) in [6.07, 6.45) is 7.06. The summed E-state index contributed by atoms with van der Waals surface area (Å²) >= 11 is 0. The predicted molar refractivity (Wildman–Crippen MR) is 49.8 cm³/mol. The van der Waals surface area contributed by atoms with E-state index in [0.29, 0.717) is 0 Å². The summed E-state index contributed by atoms with van der Waals surface area (Å²) in [5.41, 5.74) is 0. The largest absolute Gasteiger partial charge is 0.409 e. The highest BCUT2D eigenvalue weighted by atomic mass is 14.8. The Kier molecular flexibility index (Phi) is 3.71. The van der Waals surface area contributed by atoms with Gasteiger partial charge in [0.15, 0.2) is 0 Å². The first-order chi connectivity index (χ1) is 5.89. The van der Waals surface area contributed by atoms with Crippen molar-refractivity contribution in [3.05, 3.63) is 55.1 Å². The molecule has 0 amide bonds. The van der Waals surface area contributed by atoms with Crippen molar-refractivity contribution in [3.8, 4) is 0 Å². The van der Waals surface area contributed by atoms with Gasteiger partial charge in [-0.25, -0.2) is 0 Å². The van der Waals surface area contributed by atoms with Crippen LogP contribution in [0.5, 0.6) is 0 Å². The van der Waals surface area contributed by atoms with Crippen LogP contribution < -0.4 is 0 Å². The molecule has 0 aliphatic rings. The van der Waals surface area contributed by atoms with E-state index in [1.807, 2.05) is 30.3 Å². The van der Waals surface area contributed by atoms with Crippen LogP contribution in [-0.4, -0.2) is 17.4 Å². The first kappa shape index (κ1) is 8.59. The molecule has 0 saturated heterocycles. The molecule has 58 valence electrons. The van der Waals surface area contributed by atoms with Gasteiger partial charge in [-0.2, -0.15) is 0 Å². The van der Waals surface area contributed by atoms with Gasteiger partial charge in [-0.1, -0.05) is 6.07 Å². The molecule has 0 aliphatic heterocycles. The Labute approximate surface area is 73.3 Å². The smallest absolute Gasteiger partial charge is 0.233 e. The fourth-order valence-corrected chi connectivity index (χ4v) is 0.660. The average molecular weight is 156 g/mol. The van der Waals surface area contributed by atoms with Crippen LogP contribution in [0.1, 0.15) is 0 Å². The topological polar surface area (TPSA) is 17.8 Å². The second kappa shape index (κ2) is 5.19. The third kappa shape index (κ3) is 3.61. The van der Waals surface area contributed by atoms with E-state index in [-0.39, 0.29) is 0 Å². The minimum atomic E-state index is 1.50. The van der Waals surface area contributed by atoms with E-state index in [9.17, 15) is 0 Å². The Balaban J connectivity index is 0.000000120. The third-order valence-electron chi connectivity index (χ3n) is 1.19. The minimum absolute atomic E-state index is 1.50. The molecule has 2 aromatic rings. The van der Waals surface area contributed by atoms with Crippen LogP contribution in [0, 0.1) is 0 Å². The van der Waals surface area contributed by atoms with Crippen molar-refractivity contribution < 1.29 is 0 Å². The molecule has 2 nitrogen and oxygen atoms in total. The molecule has 0 unspecified atom stereocenters. The zero-order valence-electron chi connectivity index (χ0n) is 6.67. The molecule has 0 spiro atoms. The maximum Gasteiger partial charge on any atom is 0.233 e. The van der Waals surface area contributed by atoms with E-state index in [2.05, 4.69) is 4.98 Å². The second-order valence-corrected chi connectivity index (χ2v) is 2.15. The first-order valence-electron chi connectivity index (χ1n) is 3.62. The van der Waals surface area contributed by atoms with E-state index < -0.39 is 0 Å². The Morgan fingerprint density at radius 2 is 1.42 bits per heavy atom. The lowest BCUT2D eigenvalue weighted by molar-refractivity contribution is 1.26. The minimum Gasteiger partial charge on any atom is -0.409 e. The molecule has 2 aromatic heterocycles. The van der Waals surface area contributed by atoms with Gasteiger partial charge in [0.05, 0.1) is 0 Å². The van der Waals surface area contributed by atoms with Gasteiger partial charge >= 0.3 is 0 Å². The third-order valence-corrected chi connectivity index (χ3v) is 1.19. The van der Waals surface area contributed by atoms with E-state index >= 15 is 0 Å². The number of pyridine rings is 1. The van der Waals surface area contributed by atoms with E-state index in [0.717, 1.165) is 0 Å². The number of hydrogen-bond donors (Lipinski definition) is 0. The molecule has 0 aromatic carbocycles. The fourth-order valence-electron chi connectivity index (χ4n) is 0.660. The lowest BCUT2D eigenvalue weighted by Crippen LogP contribution is -1.80. The zero-order valence-corrected chi connectivity index (χ0v) is 6.67. The summed E-state index contributed by atoms with van der Waals surface area (Å²) in [4.78, 5) is 3.78. The SMILES string of the molecule is [B]n1cccc1.c1ccncc1. The van der Waals surface area contributed by atoms with Gasteiger partial charge < -0.3 is 4.48 Å². The van der Waals surface area contributed by atoms with E-state index in [4.69, 9.17) is 7.98 Å². The highest BCUT2D eigenvalue weighted by molar-refractivity contribution is 6.06. The van der Waals surface area contributed by atoms with Crippen molar-refractivity contribution in [1.82, 2.24) is 9.46 Å². The monoisotopic (exact) mass is 156 g/mol. The van der Waals surface area contributed by atoms with Crippen molar-refractivity contribution in [2.75, 3.05) is 0 Å². The normalized spacial score (nSPS) is 8.33. The van der Waals surface area contributed by atoms with Crippen molar-refractivity contribution >= 4 is 7.98 Å². The Morgan fingerprint density at radius 1 is 0.833 bits per heavy atom. The number of aromatic nitrogens is 2. The van der Waals surface area contributed by atoms with Gasteiger partial charge in [0.25, 0.3) is 0 Å². The van der Waals surface area contributed by atoms with Crippen molar-refractivity contribution in [1.29, 1.82) is 0 Å². The first-order valence-corrected chi connectivity index (χ1v) is 3.62. The van der Waals surface area contributed by atoms with E-state index in [1.165, 1.54) is 4.48 Å². The van der Waals surface area contributed by atoms with Crippen LogP contribution in [0.15, 0.2) is 55.1 Å². The Morgan fingerprint density at radius 3 is 1.58 bits per heavy atom. The van der Waals surface area contributed by atoms with Crippen molar-refractivity contribution in [2.24, 2.45) is 0 Å². The Bertz CT molecular complexity index is 252. The Hall–Kier alpha value is -1.51. The maximum atomic E-state index is 5.19. The van der Waals surface area contributed by atoms with Gasteiger partial charge in [-0.3, -0.25) is 4.98 Å². The van der Waals surface area contributed by atoms with E-state index in [1.54, 1.807) is 24.8 Å². The predicted octanol–water partition coefficient (Wildman–Crippen LogP) is 1.50. The average Bonchev–Trinajstić information content (AvgIpc) is 2.60. The molecule has 12 heavy (non-hydrogen) atoms. The summed E-state index contributed by atoms with van der Waals surface area (Å²) in [5.74, 6) is 0. The maximum absolute atomic E-state index is 5.19. The zero-order chi connectivity index (χ0) is 8.65. The molecular weight excluding hydrogens is 147 g/mol.